The van der Waals surface area contributed by atoms with Crippen molar-refractivity contribution in [2.24, 2.45) is 0 Å². The van der Waals surface area contributed by atoms with Crippen LogP contribution in [0.25, 0.3) is 0 Å². The predicted molar refractivity (Wildman–Crippen MR) is 103 cm³/mol. The van der Waals surface area contributed by atoms with Crippen LogP contribution in [-0.4, -0.2) is 26.6 Å². The molecule has 2 aromatic rings. The van der Waals surface area contributed by atoms with Gasteiger partial charge in [-0.05, 0) is 43.7 Å². The molecule has 2 aromatic carbocycles. The molecule has 5 nitrogen and oxygen atoms in total. The van der Waals surface area contributed by atoms with Crippen LogP contribution in [0.3, 0.4) is 0 Å². The second-order valence-electron chi connectivity index (χ2n) is 6.20. The van der Waals surface area contributed by atoms with Crippen molar-refractivity contribution in [1.82, 2.24) is 0 Å². The smallest absolute Gasteiger partial charge is 0.324 e. The van der Waals surface area contributed by atoms with Crippen LogP contribution in [0.4, 0.5) is 24.5 Å². The van der Waals surface area contributed by atoms with Crippen LogP contribution in [0.2, 0.25) is 5.02 Å². The highest BCUT2D eigenvalue weighted by Gasteiger charge is 2.35. The third kappa shape index (κ3) is 4.96. The molecule has 0 bridgehead atoms. The Morgan fingerprint density at radius 3 is 2.36 bits per heavy atom. The normalized spacial score (nSPS) is 13.1. The first-order valence-electron chi connectivity index (χ1n) is 8.05. The van der Waals surface area contributed by atoms with E-state index >= 15 is 0 Å². The van der Waals surface area contributed by atoms with E-state index in [0.717, 1.165) is 22.7 Å². The number of benzene rings is 2. The molecule has 1 atom stereocenters. The molecule has 0 fully saturated rings. The van der Waals surface area contributed by atoms with E-state index in [9.17, 15) is 26.4 Å². The maximum Gasteiger partial charge on any atom is 0.418 e. The van der Waals surface area contributed by atoms with Crippen molar-refractivity contribution >= 4 is 38.9 Å². The van der Waals surface area contributed by atoms with Gasteiger partial charge in [0, 0.05) is 5.02 Å². The van der Waals surface area contributed by atoms with Crippen molar-refractivity contribution in [3.8, 4) is 0 Å². The number of carbonyl (C=O) groups excluding carboxylic acids is 1. The minimum absolute atomic E-state index is 0.168. The molecule has 152 valence electrons. The average Bonchev–Trinajstić information content (AvgIpc) is 2.56. The molecular weight excluding hydrogens is 417 g/mol. The van der Waals surface area contributed by atoms with Gasteiger partial charge in [0.05, 0.1) is 23.2 Å². The standard InChI is InChI=1S/C18H18ClF3N2O3S/c1-11-8-9-13(19)10-16(11)24(28(3,26)27)12(2)17(25)23-15-7-5-4-6-14(15)18(20,21)22/h4-10,12H,1-3H3,(H,23,25)/t12-/m0/s1. The van der Waals surface area contributed by atoms with Crippen molar-refractivity contribution in [3.63, 3.8) is 0 Å². The molecule has 1 N–H and O–H groups in total. The fourth-order valence-electron chi connectivity index (χ4n) is 2.68. The number of anilines is 2. The van der Waals surface area contributed by atoms with Gasteiger partial charge in [-0.3, -0.25) is 9.10 Å². The number of amides is 1. The predicted octanol–water partition coefficient (Wildman–Crippen LogP) is 4.46. The first-order valence-corrected chi connectivity index (χ1v) is 10.3. The zero-order valence-corrected chi connectivity index (χ0v) is 16.8. The Hall–Kier alpha value is -2.26. The van der Waals surface area contributed by atoms with Crippen molar-refractivity contribution in [1.29, 1.82) is 0 Å². The summed E-state index contributed by atoms with van der Waals surface area (Å²) in [6.07, 6.45) is -3.77. The Kier molecular flexibility index (Phi) is 6.30. The first-order chi connectivity index (χ1) is 12.8. The van der Waals surface area contributed by atoms with E-state index in [1.165, 1.54) is 25.1 Å². The lowest BCUT2D eigenvalue weighted by Gasteiger charge is -2.30. The van der Waals surface area contributed by atoms with E-state index < -0.39 is 39.4 Å². The van der Waals surface area contributed by atoms with Gasteiger partial charge in [0.15, 0.2) is 0 Å². The average molecular weight is 435 g/mol. The number of sulfonamides is 1. The van der Waals surface area contributed by atoms with Gasteiger partial charge in [-0.15, -0.1) is 0 Å². The Bertz CT molecular complexity index is 994. The molecular formula is C18H18ClF3N2O3S. The Morgan fingerprint density at radius 2 is 1.79 bits per heavy atom. The summed E-state index contributed by atoms with van der Waals surface area (Å²) in [5, 5.41) is 2.43. The van der Waals surface area contributed by atoms with Crippen LogP contribution in [0.1, 0.15) is 18.1 Å². The van der Waals surface area contributed by atoms with Gasteiger partial charge >= 0.3 is 6.18 Å². The Balaban J connectivity index is 2.43. The number of nitrogens with zero attached hydrogens (tertiary/aromatic N) is 1. The highest BCUT2D eigenvalue weighted by atomic mass is 35.5. The number of hydrogen-bond acceptors (Lipinski definition) is 3. The third-order valence-electron chi connectivity index (χ3n) is 3.99. The SMILES string of the molecule is Cc1ccc(Cl)cc1N([C@@H](C)C(=O)Nc1ccccc1C(F)(F)F)S(C)(=O)=O. The molecule has 2 rings (SSSR count). The van der Waals surface area contributed by atoms with E-state index in [-0.39, 0.29) is 10.7 Å². The largest absolute Gasteiger partial charge is 0.418 e. The molecule has 1 amide bonds. The van der Waals surface area contributed by atoms with Gasteiger partial charge in [0.25, 0.3) is 0 Å². The Morgan fingerprint density at radius 1 is 1.18 bits per heavy atom. The molecule has 0 aliphatic heterocycles. The maximum absolute atomic E-state index is 13.1. The molecule has 0 aliphatic rings. The minimum Gasteiger partial charge on any atom is -0.324 e. The monoisotopic (exact) mass is 434 g/mol. The van der Waals surface area contributed by atoms with Crippen LogP contribution < -0.4 is 9.62 Å². The number of halogens is 4. The molecule has 0 aromatic heterocycles. The second kappa shape index (κ2) is 8.00. The number of para-hydroxylation sites is 1. The highest BCUT2D eigenvalue weighted by Crippen LogP contribution is 2.35. The van der Waals surface area contributed by atoms with Crippen molar-refractivity contribution < 1.29 is 26.4 Å². The second-order valence-corrected chi connectivity index (χ2v) is 8.49. The van der Waals surface area contributed by atoms with Gasteiger partial charge in [0.2, 0.25) is 15.9 Å². The molecule has 28 heavy (non-hydrogen) atoms. The molecule has 0 aliphatic carbocycles. The summed E-state index contributed by atoms with van der Waals surface area (Å²) in [4.78, 5) is 12.6. The number of aryl methyl sites for hydroxylation is 1. The molecule has 10 heteroatoms. The number of nitrogens with one attached hydrogen (secondary N) is 1. The summed E-state index contributed by atoms with van der Waals surface area (Å²) in [6, 6.07) is 7.66. The van der Waals surface area contributed by atoms with Crippen LogP contribution in [0, 0.1) is 6.92 Å². The highest BCUT2D eigenvalue weighted by molar-refractivity contribution is 7.92. The zero-order chi connectivity index (χ0) is 21.3. The van der Waals surface area contributed by atoms with Gasteiger partial charge in [0.1, 0.15) is 6.04 Å². The number of alkyl halides is 3. The van der Waals surface area contributed by atoms with E-state index in [1.807, 2.05) is 0 Å². The van der Waals surface area contributed by atoms with Crippen LogP contribution in [0.15, 0.2) is 42.5 Å². The maximum atomic E-state index is 13.1. The van der Waals surface area contributed by atoms with Crippen molar-refractivity contribution in [2.45, 2.75) is 26.1 Å². The number of rotatable bonds is 5. The summed E-state index contributed by atoms with van der Waals surface area (Å²) in [5.41, 5.74) is -0.782. The third-order valence-corrected chi connectivity index (χ3v) is 5.45. The molecule has 0 spiro atoms. The van der Waals surface area contributed by atoms with Crippen molar-refractivity contribution in [2.75, 3.05) is 15.9 Å². The van der Waals surface area contributed by atoms with Gasteiger partial charge in [-0.25, -0.2) is 8.42 Å². The number of carbonyl (C=O) groups is 1. The van der Waals surface area contributed by atoms with Crippen LogP contribution in [0.5, 0.6) is 0 Å². The lowest BCUT2D eigenvalue weighted by molar-refractivity contribution is -0.137. The van der Waals surface area contributed by atoms with E-state index in [1.54, 1.807) is 19.1 Å². The van der Waals surface area contributed by atoms with Gasteiger partial charge in [-0.2, -0.15) is 13.2 Å². The van der Waals surface area contributed by atoms with E-state index in [0.29, 0.717) is 5.56 Å². The fourth-order valence-corrected chi connectivity index (χ4v) is 4.07. The lowest BCUT2D eigenvalue weighted by atomic mass is 10.1. The first kappa shape index (κ1) is 22.0. The quantitative estimate of drug-likeness (QED) is 0.755. The van der Waals surface area contributed by atoms with Gasteiger partial charge < -0.3 is 5.32 Å². The summed E-state index contributed by atoms with van der Waals surface area (Å²) in [7, 11) is -3.94. The number of hydrogen-bond donors (Lipinski definition) is 1. The van der Waals surface area contributed by atoms with Crippen LogP contribution in [-0.2, 0) is 21.0 Å². The zero-order valence-electron chi connectivity index (χ0n) is 15.2. The summed E-state index contributed by atoms with van der Waals surface area (Å²) < 4.78 is 64.9. The summed E-state index contributed by atoms with van der Waals surface area (Å²) in [6.45, 7) is 2.92. The molecule has 0 saturated heterocycles. The molecule has 0 unspecified atom stereocenters. The lowest BCUT2D eigenvalue weighted by Crippen LogP contribution is -2.45. The minimum atomic E-state index is -4.67. The molecule has 0 radical (unpaired) electrons. The molecule has 0 saturated carbocycles. The fraction of sp³-hybridized carbons (Fsp3) is 0.278. The van der Waals surface area contributed by atoms with Crippen LogP contribution >= 0.6 is 11.6 Å². The Labute approximate surface area is 166 Å². The van der Waals surface area contributed by atoms with Crippen molar-refractivity contribution in [3.05, 3.63) is 58.6 Å². The summed E-state index contributed by atoms with van der Waals surface area (Å²) in [5.74, 6) is -0.915. The topological polar surface area (TPSA) is 66.5 Å². The van der Waals surface area contributed by atoms with E-state index in [4.69, 9.17) is 11.6 Å². The summed E-state index contributed by atoms with van der Waals surface area (Å²) >= 11 is 5.95. The molecule has 0 heterocycles. The van der Waals surface area contributed by atoms with Gasteiger partial charge in [-0.1, -0.05) is 29.8 Å². The van der Waals surface area contributed by atoms with E-state index in [2.05, 4.69) is 5.32 Å².